The number of carbonyl (C=O) groups is 1. The molecule has 0 spiro atoms. The van der Waals surface area contributed by atoms with Crippen molar-refractivity contribution in [2.45, 2.75) is 64.6 Å². The Morgan fingerprint density at radius 1 is 1.15 bits per heavy atom. The van der Waals surface area contributed by atoms with Gasteiger partial charge in [-0.05, 0) is 38.5 Å². The quantitative estimate of drug-likeness (QED) is 0.324. The summed E-state index contributed by atoms with van der Waals surface area (Å²) in [6, 6.07) is -0.00988. The highest BCUT2D eigenvalue weighted by atomic mass is 35.5. The van der Waals surface area contributed by atoms with Gasteiger partial charge in [0.1, 0.15) is 34.6 Å². The molecule has 11 heteroatoms. The summed E-state index contributed by atoms with van der Waals surface area (Å²) < 4.78 is 72.2. The number of rotatable bonds is 10. The monoisotopic (exact) mass is 494 g/mol. The Morgan fingerprint density at radius 2 is 1.79 bits per heavy atom. The van der Waals surface area contributed by atoms with E-state index in [1.165, 1.54) is 11.6 Å². The van der Waals surface area contributed by atoms with E-state index in [2.05, 4.69) is 4.98 Å². The molecular formula is C22H27ClF4N2O4. The van der Waals surface area contributed by atoms with Gasteiger partial charge in [0, 0.05) is 20.1 Å². The molecule has 1 aliphatic rings. The number of hydrogen-bond acceptors (Lipinski definition) is 5. The van der Waals surface area contributed by atoms with Crippen molar-refractivity contribution in [1.29, 1.82) is 0 Å². The lowest BCUT2D eigenvalue weighted by Gasteiger charge is -2.29. The number of Topliss-reactive ketones (excluding diaryl/α,β-unsaturated/α-hetero) is 1. The normalized spacial score (nSPS) is 19.8. The van der Waals surface area contributed by atoms with Crippen molar-refractivity contribution >= 4 is 28.4 Å². The van der Waals surface area contributed by atoms with Gasteiger partial charge in [-0.3, -0.25) is 4.57 Å². The van der Waals surface area contributed by atoms with Gasteiger partial charge in [-0.25, -0.2) is 17.6 Å². The zero-order chi connectivity index (χ0) is 24.3. The van der Waals surface area contributed by atoms with Crippen molar-refractivity contribution < 1.29 is 36.6 Å². The zero-order valence-electron chi connectivity index (χ0n) is 18.7. The van der Waals surface area contributed by atoms with Crippen LogP contribution in [0, 0.1) is 17.6 Å². The summed E-state index contributed by atoms with van der Waals surface area (Å²) in [6.45, 7) is 2.91. The molecule has 2 aromatic rings. The van der Waals surface area contributed by atoms with Crippen LogP contribution in [0.5, 0.6) is 11.8 Å². The molecule has 6 nitrogen and oxygen atoms in total. The number of fused-ring (bicyclic) bond motifs is 1. The van der Waals surface area contributed by atoms with Gasteiger partial charge in [0.05, 0.1) is 6.10 Å². The van der Waals surface area contributed by atoms with Crippen molar-refractivity contribution in [1.82, 2.24) is 9.55 Å². The molecule has 1 aromatic heterocycles. The molecule has 0 N–H and O–H groups in total. The second-order valence-corrected chi connectivity index (χ2v) is 8.86. The molecule has 1 aliphatic carbocycles. The van der Waals surface area contributed by atoms with Crippen molar-refractivity contribution in [3.63, 3.8) is 0 Å². The van der Waals surface area contributed by atoms with Crippen LogP contribution in [0.4, 0.5) is 17.6 Å². The number of alkyl halides is 2. The van der Waals surface area contributed by atoms with Gasteiger partial charge in [-0.2, -0.15) is 4.98 Å². The van der Waals surface area contributed by atoms with Crippen molar-refractivity contribution in [2.24, 2.45) is 13.0 Å². The highest BCUT2D eigenvalue weighted by Crippen LogP contribution is 2.39. The first-order valence-corrected chi connectivity index (χ1v) is 11.2. The predicted molar refractivity (Wildman–Crippen MR) is 114 cm³/mol. The maximum Gasteiger partial charge on any atom is 0.297 e. The Balaban J connectivity index is 1.67. The number of aryl methyl sites for hydroxylation is 1. The van der Waals surface area contributed by atoms with E-state index >= 15 is 0 Å². The molecule has 3 rings (SSSR count). The van der Waals surface area contributed by atoms with Crippen LogP contribution >= 0.6 is 11.6 Å². The molecule has 0 unspecified atom stereocenters. The van der Waals surface area contributed by atoms with Crippen LogP contribution < -0.4 is 9.47 Å². The molecule has 184 valence electrons. The average molecular weight is 495 g/mol. The maximum absolute atomic E-state index is 14.9. The van der Waals surface area contributed by atoms with Gasteiger partial charge >= 0.3 is 0 Å². The summed E-state index contributed by atoms with van der Waals surface area (Å²) in [5.41, 5.74) is -0.650. The number of carbonyl (C=O) groups excluding carboxylic acids is 1. The Morgan fingerprint density at radius 3 is 2.39 bits per heavy atom. The summed E-state index contributed by atoms with van der Waals surface area (Å²) in [7, 11) is 1.43. The summed E-state index contributed by atoms with van der Waals surface area (Å²) in [6.07, 6.45) is 0.225. The lowest BCUT2D eigenvalue weighted by atomic mass is 9.95. The fourth-order valence-corrected chi connectivity index (χ4v) is 4.21. The summed E-state index contributed by atoms with van der Waals surface area (Å²) in [5.74, 6) is -2.65. The fourth-order valence-electron chi connectivity index (χ4n) is 3.98. The van der Waals surface area contributed by atoms with Crippen molar-refractivity contribution in [3.8, 4) is 11.8 Å². The Bertz CT molecular complexity index is 993. The highest BCUT2D eigenvalue weighted by molar-refractivity contribution is 6.33. The zero-order valence-corrected chi connectivity index (χ0v) is 19.4. The highest BCUT2D eigenvalue weighted by Gasteiger charge is 2.29. The van der Waals surface area contributed by atoms with E-state index in [1.54, 1.807) is 6.92 Å². The molecule has 1 atom stereocenters. The van der Waals surface area contributed by atoms with Crippen molar-refractivity contribution in [3.05, 3.63) is 16.7 Å². The molecule has 0 bridgehead atoms. The second-order valence-electron chi connectivity index (χ2n) is 8.48. The van der Waals surface area contributed by atoms with Crippen LogP contribution in [-0.2, 0) is 16.6 Å². The Hall–Kier alpha value is -2.07. The van der Waals surface area contributed by atoms with Crippen molar-refractivity contribution in [2.75, 3.05) is 13.2 Å². The molecular weight excluding hydrogens is 468 g/mol. The first-order valence-electron chi connectivity index (χ1n) is 10.8. The second kappa shape index (κ2) is 10.9. The maximum atomic E-state index is 14.9. The number of ether oxygens (including phenoxy) is 3. The van der Waals surface area contributed by atoms with Gasteiger partial charge in [0.15, 0.2) is 17.4 Å². The summed E-state index contributed by atoms with van der Waals surface area (Å²) in [4.78, 5) is 15.2. The van der Waals surface area contributed by atoms with Crippen LogP contribution in [0.2, 0.25) is 5.02 Å². The third-order valence-corrected chi connectivity index (χ3v) is 5.90. The van der Waals surface area contributed by atoms with Gasteiger partial charge in [-0.15, -0.1) is 0 Å². The molecule has 0 saturated heterocycles. The van der Waals surface area contributed by atoms with Crippen LogP contribution in [0.25, 0.3) is 11.0 Å². The number of nitrogens with zero attached hydrogens (tertiary/aromatic N) is 2. The molecule has 1 heterocycles. The van der Waals surface area contributed by atoms with Gasteiger partial charge in [0.25, 0.3) is 12.4 Å². The van der Waals surface area contributed by atoms with Crippen LogP contribution in [0.1, 0.15) is 46.0 Å². The SMILES string of the molecule is CC(=O)C[C@@H](C)COC1CCC(Oc2nc3c(F)c(Cl)c(OCC(F)F)c(F)c3n2C)CC1. The van der Waals surface area contributed by atoms with Gasteiger partial charge in [-0.1, -0.05) is 18.5 Å². The van der Waals surface area contributed by atoms with Crippen LogP contribution in [-0.4, -0.2) is 47.2 Å². The first-order chi connectivity index (χ1) is 15.6. The lowest BCUT2D eigenvalue weighted by molar-refractivity contribution is -0.118. The van der Waals surface area contributed by atoms with Gasteiger partial charge in [0.2, 0.25) is 0 Å². The minimum Gasteiger partial charge on any atom is -0.483 e. The van der Waals surface area contributed by atoms with E-state index < -0.39 is 35.4 Å². The first kappa shape index (κ1) is 25.6. The third-order valence-electron chi connectivity index (χ3n) is 5.56. The van der Waals surface area contributed by atoms with Gasteiger partial charge < -0.3 is 19.0 Å². The number of halogens is 5. The molecule has 0 radical (unpaired) electrons. The molecule has 0 aliphatic heterocycles. The topological polar surface area (TPSA) is 62.6 Å². The van der Waals surface area contributed by atoms with E-state index in [0.717, 1.165) is 12.8 Å². The predicted octanol–water partition coefficient (Wildman–Crippen LogP) is 5.47. The van der Waals surface area contributed by atoms with E-state index in [1.807, 2.05) is 6.92 Å². The largest absolute Gasteiger partial charge is 0.483 e. The smallest absolute Gasteiger partial charge is 0.297 e. The molecule has 1 fully saturated rings. The average Bonchev–Trinajstić information content (AvgIpc) is 3.07. The standard InChI is InChI=1S/C22H27ClF4N2O4/c1-11(8-12(2)30)9-31-13-4-6-14(7-5-13)33-22-28-19-17(26)16(23)21(32-10-15(24)25)18(27)20(19)29(22)3/h11,13-15H,4-10H2,1-3H3/t11-,13?,14?/m1/s1. The van der Waals surface area contributed by atoms with E-state index in [0.29, 0.717) is 25.9 Å². The lowest BCUT2D eigenvalue weighted by Crippen LogP contribution is -2.30. The van der Waals surface area contributed by atoms with E-state index in [4.69, 9.17) is 25.8 Å². The number of ketones is 1. The number of aromatic nitrogens is 2. The summed E-state index contributed by atoms with van der Waals surface area (Å²) in [5, 5.41) is -0.748. The van der Waals surface area contributed by atoms with E-state index in [-0.39, 0.29) is 41.0 Å². The number of benzene rings is 1. The number of hydrogen-bond donors (Lipinski definition) is 0. The van der Waals surface area contributed by atoms with Crippen LogP contribution in [0.3, 0.4) is 0 Å². The Labute approximate surface area is 194 Å². The molecule has 33 heavy (non-hydrogen) atoms. The van der Waals surface area contributed by atoms with E-state index in [9.17, 15) is 22.4 Å². The molecule has 1 aromatic carbocycles. The molecule has 0 amide bonds. The Kier molecular flexibility index (Phi) is 8.44. The summed E-state index contributed by atoms with van der Waals surface area (Å²) >= 11 is 5.80. The molecule has 1 saturated carbocycles. The fraction of sp³-hybridized carbons (Fsp3) is 0.636. The third kappa shape index (κ3) is 6.09. The minimum absolute atomic E-state index is 0.00988. The van der Waals surface area contributed by atoms with Crippen LogP contribution in [0.15, 0.2) is 0 Å². The number of imidazole rings is 1. The minimum atomic E-state index is -2.87.